The molecule has 0 saturated carbocycles. The van der Waals surface area contributed by atoms with Crippen LogP contribution in [0.3, 0.4) is 0 Å². The Bertz CT molecular complexity index is 601. The van der Waals surface area contributed by atoms with E-state index in [0.29, 0.717) is 0 Å². The first kappa shape index (κ1) is 27.0. The maximum Gasteiger partial charge on any atom is 0.335 e. The first-order chi connectivity index (χ1) is 15.1. The Balaban J connectivity index is 0.000000367. The van der Waals surface area contributed by atoms with Crippen molar-refractivity contribution in [1.29, 1.82) is 0 Å². The molecule has 0 atom stereocenters. The van der Waals surface area contributed by atoms with Crippen LogP contribution in [0.1, 0.15) is 99.9 Å². The number of hydrogen-bond acceptors (Lipinski definition) is 4. The Labute approximate surface area is 189 Å². The predicted octanol–water partition coefficient (Wildman–Crippen LogP) is 6.24. The summed E-state index contributed by atoms with van der Waals surface area (Å²) in [6.07, 6.45) is 21.6. The molecule has 176 valence electrons. The molecule has 0 spiro atoms. The number of unbranched alkanes of at least 4 members (excludes halogenated alkanes) is 11. The summed E-state index contributed by atoms with van der Waals surface area (Å²) >= 11 is 0. The number of carboxylic acids is 1. The third-order valence-corrected chi connectivity index (χ3v) is 5.62. The van der Waals surface area contributed by atoms with Crippen molar-refractivity contribution in [3.63, 3.8) is 0 Å². The van der Waals surface area contributed by atoms with Crippen LogP contribution >= 0.6 is 0 Å². The molecule has 0 fully saturated rings. The highest BCUT2D eigenvalue weighted by molar-refractivity contribution is 5.87. The van der Waals surface area contributed by atoms with Gasteiger partial charge in [-0.15, -0.1) is 0 Å². The van der Waals surface area contributed by atoms with Crippen LogP contribution in [-0.4, -0.2) is 46.2 Å². The molecule has 0 saturated heterocycles. The molecule has 0 radical (unpaired) electrons. The monoisotopic (exact) mass is 432 g/mol. The van der Waals surface area contributed by atoms with Crippen molar-refractivity contribution >= 4 is 5.97 Å². The van der Waals surface area contributed by atoms with Crippen molar-refractivity contribution in [2.45, 2.75) is 90.6 Å². The van der Waals surface area contributed by atoms with Gasteiger partial charge in [-0.3, -0.25) is 0 Å². The third kappa shape index (κ3) is 13.8. The van der Waals surface area contributed by atoms with E-state index in [1.165, 1.54) is 95.7 Å². The average molecular weight is 433 g/mol. The highest BCUT2D eigenvalue weighted by atomic mass is 16.4. The number of benzene rings is 1. The molecule has 5 heteroatoms. The number of nitrogens with zero attached hydrogens (tertiary/aromatic N) is 2. The Kier molecular flexibility index (Phi) is 15.4. The van der Waals surface area contributed by atoms with Gasteiger partial charge < -0.3 is 20.0 Å². The number of hydrogen-bond donors (Lipinski definition) is 2. The molecule has 0 bridgehead atoms. The molecule has 0 aliphatic carbocycles. The highest BCUT2D eigenvalue weighted by Gasteiger charge is 2.06. The van der Waals surface area contributed by atoms with Crippen molar-refractivity contribution in [2.24, 2.45) is 0 Å². The fraction of sp³-hybridized carbons (Fsp3) is 0.654. The summed E-state index contributed by atoms with van der Waals surface area (Å²) in [5, 5.41) is 17.1. The van der Waals surface area contributed by atoms with Crippen molar-refractivity contribution in [3.8, 4) is 0 Å². The van der Waals surface area contributed by atoms with E-state index in [0.717, 1.165) is 12.2 Å². The lowest BCUT2D eigenvalue weighted by Crippen LogP contribution is -2.23. The van der Waals surface area contributed by atoms with Gasteiger partial charge in [0.05, 0.1) is 18.8 Å². The number of carbonyl (C=O) groups is 1. The molecule has 0 unspecified atom stereocenters. The zero-order valence-corrected chi connectivity index (χ0v) is 19.8. The van der Waals surface area contributed by atoms with E-state index in [1.807, 2.05) is 0 Å². The Morgan fingerprint density at radius 2 is 1.35 bits per heavy atom. The summed E-state index contributed by atoms with van der Waals surface area (Å²) < 4.78 is 0. The molecule has 1 aliphatic heterocycles. The molecule has 5 nitrogen and oxygen atoms in total. The number of aliphatic hydroxyl groups excluding tert-OH is 1. The zero-order chi connectivity index (χ0) is 22.7. The summed E-state index contributed by atoms with van der Waals surface area (Å²) in [4.78, 5) is 15.0. The van der Waals surface area contributed by atoms with Crippen molar-refractivity contribution < 1.29 is 15.0 Å². The van der Waals surface area contributed by atoms with Crippen molar-refractivity contribution in [3.05, 3.63) is 47.8 Å². The first-order valence-corrected chi connectivity index (χ1v) is 12.1. The standard InChI is InChI=1S/C18H36N2.C8H8O3/c1-3-4-5-6-7-8-9-10-11-12-13-14-15-20-17-16-19(2)18-20;9-5-6-1-3-7(4-2-6)8(10)11/h16-17H,3-15,18H2,1-2H3;1-4,9H,5H2,(H,10,11). The van der Waals surface area contributed by atoms with E-state index in [-0.39, 0.29) is 12.2 Å². The maximum atomic E-state index is 10.3. The first-order valence-electron chi connectivity index (χ1n) is 12.1. The van der Waals surface area contributed by atoms with Crippen LogP contribution in [0.15, 0.2) is 36.7 Å². The van der Waals surface area contributed by atoms with Crippen LogP contribution in [0, 0.1) is 0 Å². The molecule has 31 heavy (non-hydrogen) atoms. The minimum atomic E-state index is -0.950. The second-order valence-electron chi connectivity index (χ2n) is 8.56. The molecule has 2 rings (SSSR count). The van der Waals surface area contributed by atoms with Gasteiger partial charge in [0, 0.05) is 26.0 Å². The molecule has 1 heterocycles. The number of carboxylic acid groups (broad SMARTS) is 1. The lowest BCUT2D eigenvalue weighted by Gasteiger charge is -2.17. The van der Waals surface area contributed by atoms with Crippen LogP contribution < -0.4 is 0 Å². The Hall–Kier alpha value is -2.01. The van der Waals surface area contributed by atoms with Crippen LogP contribution in [-0.2, 0) is 6.61 Å². The molecule has 2 N–H and O–H groups in total. The summed E-state index contributed by atoms with van der Waals surface area (Å²) in [6.45, 7) is 4.55. The maximum absolute atomic E-state index is 10.3. The van der Waals surface area contributed by atoms with E-state index in [9.17, 15) is 4.79 Å². The smallest absolute Gasteiger partial charge is 0.335 e. The molecule has 1 aliphatic rings. The number of aliphatic hydroxyl groups is 1. The average Bonchev–Trinajstić information content (AvgIpc) is 3.20. The lowest BCUT2D eigenvalue weighted by molar-refractivity contribution is 0.0697. The summed E-state index contributed by atoms with van der Waals surface area (Å²) in [5.74, 6) is -0.950. The van der Waals surface area contributed by atoms with Crippen LogP contribution in [0.25, 0.3) is 0 Å². The molecule has 1 aromatic carbocycles. The Morgan fingerprint density at radius 3 is 1.77 bits per heavy atom. The van der Waals surface area contributed by atoms with Crippen molar-refractivity contribution in [2.75, 3.05) is 20.3 Å². The van der Waals surface area contributed by atoms with Gasteiger partial charge in [0.15, 0.2) is 0 Å². The van der Waals surface area contributed by atoms with E-state index in [2.05, 4.69) is 36.2 Å². The highest BCUT2D eigenvalue weighted by Crippen LogP contribution is 2.13. The second-order valence-corrected chi connectivity index (χ2v) is 8.56. The summed E-state index contributed by atoms with van der Waals surface area (Å²) in [7, 11) is 2.14. The van der Waals surface area contributed by atoms with Crippen LogP contribution in [0.4, 0.5) is 0 Å². The minimum Gasteiger partial charge on any atom is -0.478 e. The summed E-state index contributed by atoms with van der Waals surface area (Å²) in [5.41, 5.74) is 0.956. The Morgan fingerprint density at radius 1 is 0.839 bits per heavy atom. The van der Waals surface area contributed by atoms with Gasteiger partial charge in [-0.2, -0.15) is 0 Å². The van der Waals surface area contributed by atoms with Gasteiger partial charge in [0.25, 0.3) is 0 Å². The van der Waals surface area contributed by atoms with Gasteiger partial charge in [-0.05, 0) is 24.1 Å². The van der Waals surface area contributed by atoms with Gasteiger partial charge in [0.2, 0.25) is 0 Å². The topological polar surface area (TPSA) is 64.0 Å². The SMILES string of the molecule is CCCCCCCCCCCCCCN1C=CN(C)C1.O=C(O)c1ccc(CO)cc1. The fourth-order valence-electron chi connectivity index (χ4n) is 3.64. The molecular weight excluding hydrogens is 388 g/mol. The number of rotatable bonds is 15. The third-order valence-electron chi connectivity index (χ3n) is 5.62. The van der Waals surface area contributed by atoms with E-state index in [4.69, 9.17) is 10.2 Å². The fourth-order valence-corrected chi connectivity index (χ4v) is 3.64. The lowest BCUT2D eigenvalue weighted by atomic mass is 10.1. The van der Waals surface area contributed by atoms with E-state index >= 15 is 0 Å². The molecule has 0 amide bonds. The molecule has 0 aromatic heterocycles. The van der Waals surface area contributed by atoms with Gasteiger partial charge >= 0.3 is 5.97 Å². The molecule has 1 aromatic rings. The minimum absolute atomic E-state index is 0.0557. The van der Waals surface area contributed by atoms with Crippen molar-refractivity contribution in [1.82, 2.24) is 9.80 Å². The second kappa shape index (κ2) is 17.6. The normalized spacial score (nSPS) is 12.7. The van der Waals surface area contributed by atoms with Gasteiger partial charge in [0.1, 0.15) is 0 Å². The quantitative estimate of drug-likeness (QED) is 0.321. The number of aromatic carboxylic acids is 1. The van der Waals surface area contributed by atoms with Crippen LogP contribution in [0.5, 0.6) is 0 Å². The molecular formula is C26H44N2O3. The zero-order valence-electron chi connectivity index (χ0n) is 19.8. The van der Waals surface area contributed by atoms with Gasteiger partial charge in [-0.25, -0.2) is 4.79 Å². The summed E-state index contributed by atoms with van der Waals surface area (Å²) in [6, 6.07) is 6.11. The van der Waals surface area contributed by atoms with E-state index < -0.39 is 5.97 Å². The van der Waals surface area contributed by atoms with Crippen LogP contribution in [0.2, 0.25) is 0 Å². The predicted molar refractivity (Wildman–Crippen MR) is 129 cm³/mol. The van der Waals surface area contributed by atoms with E-state index in [1.54, 1.807) is 12.1 Å². The largest absolute Gasteiger partial charge is 0.478 e. The van der Waals surface area contributed by atoms with Gasteiger partial charge in [-0.1, -0.05) is 89.7 Å².